The van der Waals surface area contributed by atoms with Crippen LogP contribution >= 0.6 is 0 Å². The number of halogens is 3. The molecule has 4 saturated carbocycles. The van der Waals surface area contributed by atoms with Crippen molar-refractivity contribution in [3.63, 3.8) is 0 Å². The molecule has 1 aliphatic heterocycles. The number of alkyl halides is 3. The summed E-state index contributed by atoms with van der Waals surface area (Å²) in [5.74, 6) is 0.688. The average Bonchev–Trinajstić information content (AvgIpc) is 3.47. The number of fused-ring (bicyclic) bond motifs is 1. The Morgan fingerprint density at radius 1 is 1.06 bits per heavy atom. The average molecular weight is 470 g/mol. The number of aromatic nitrogens is 6. The second-order valence-corrected chi connectivity index (χ2v) is 10.8. The molecule has 8 rings (SSSR count). The summed E-state index contributed by atoms with van der Waals surface area (Å²) < 4.78 is 48.7. The zero-order chi connectivity index (χ0) is 23.3. The number of hydrogen-bond donors (Lipinski definition) is 0. The zero-order valence-corrected chi connectivity index (χ0v) is 18.8. The fourth-order valence-corrected chi connectivity index (χ4v) is 6.22. The minimum absolute atomic E-state index is 0.0393. The summed E-state index contributed by atoms with van der Waals surface area (Å²) >= 11 is 0. The van der Waals surface area contributed by atoms with Crippen LogP contribution in [0.5, 0.6) is 0 Å². The van der Waals surface area contributed by atoms with Crippen molar-refractivity contribution in [1.82, 2.24) is 29.7 Å². The lowest BCUT2D eigenvalue weighted by molar-refractivity contribution is -0.337. The number of rotatable bonds is 4. The summed E-state index contributed by atoms with van der Waals surface area (Å²) in [7, 11) is 0. The molecule has 5 fully saturated rings. The van der Waals surface area contributed by atoms with Gasteiger partial charge in [-0.2, -0.15) is 18.3 Å². The van der Waals surface area contributed by atoms with Crippen LogP contribution in [0.4, 0.5) is 13.2 Å². The molecule has 4 aliphatic carbocycles. The van der Waals surface area contributed by atoms with E-state index in [0.29, 0.717) is 41.8 Å². The number of nitrogens with zero attached hydrogens (tertiary/aromatic N) is 6. The highest BCUT2D eigenvalue weighted by atomic mass is 19.4. The standard InChI is InChI=1S/C24H25F3N6O/c1-13-7-28-18-19(22-10-23(11-22,12-22)24(25,26)27)31-20(32-21(18)30-13)14-4-5-34-17(6-14)15-8-29-33(9-15)16-2-3-16/h7-9,14,16-17H,2-6,10-12H2,1H3/t14-,17-,22?,23?/m0/s1. The topological polar surface area (TPSA) is 78.6 Å². The third-order valence-electron chi connectivity index (χ3n) is 8.24. The van der Waals surface area contributed by atoms with Crippen molar-refractivity contribution in [2.45, 2.75) is 81.5 Å². The molecule has 0 radical (unpaired) electrons. The molecule has 178 valence electrons. The van der Waals surface area contributed by atoms with E-state index in [2.05, 4.69) is 21.3 Å². The normalized spacial score (nSPS) is 32.9. The Bertz CT molecular complexity index is 1280. The fourth-order valence-electron chi connectivity index (χ4n) is 6.22. The van der Waals surface area contributed by atoms with Gasteiger partial charge in [-0.25, -0.2) is 19.9 Å². The van der Waals surface area contributed by atoms with Crippen LogP contribution in [-0.4, -0.2) is 42.5 Å². The maximum Gasteiger partial charge on any atom is 0.394 e. The first-order valence-corrected chi connectivity index (χ1v) is 12.0. The molecular weight excluding hydrogens is 445 g/mol. The summed E-state index contributed by atoms with van der Waals surface area (Å²) in [6, 6.07) is 0.509. The van der Waals surface area contributed by atoms with Crippen LogP contribution in [0.3, 0.4) is 0 Å². The van der Waals surface area contributed by atoms with Gasteiger partial charge in [-0.15, -0.1) is 0 Å². The summed E-state index contributed by atoms with van der Waals surface area (Å²) in [6.07, 6.45) is 5.39. The van der Waals surface area contributed by atoms with E-state index in [1.54, 1.807) is 6.20 Å². The Kier molecular flexibility index (Phi) is 4.11. The molecule has 0 spiro atoms. The molecule has 1 saturated heterocycles. The van der Waals surface area contributed by atoms with Gasteiger partial charge in [-0.05, 0) is 51.9 Å². The van der Waals surface area contributed by atoms with Gasteiger partial charge in [0.2, 0.25) is 0 Å². The van der Waals surface area contributed by atoms with Gasteiger partial charge in [0.1, 0.15) is 11.3 Å². The third-order valence-corrected chi connectivity index (χ3v) is 8.24. The Hall–Kier alpha value is -2.62. The molecule has 0 amide bonds. The number of ether oxygens (including phenoxy) is 1. The van der Waals surface area contributed by atoms with Crippen molar-refractivity contribution >= 4 is 11.2 Å². The van der Waals surface area contributed by atoms with Crippen LogP contribution in [0.15, 0.2) is 18.6 Å². The van der Waals surface area contributed by atoms with Crippen LogP contribution in [0.25, 0.3) is 11.2 Å². The molecular formula is C24H25F3N6O. The van der Waals surface area contributed by atoms with E-state index in [4.69, 9.17) is 14.7 Å². The lowest BCUT2D eigenvalue weighted by Gasteiger charge is -2.70. The van der Waals surface area contributed by atoms with Crippen molar-refractivity contribution in [3.8, 4) is 0 Å². The van der Waals surface area contributed by atoms with Gasteiger partial charge in [0.15, 0.2) is 5.65 Å². The Morgan fingerprint density at radius 3 is 2.59 bits per heavy atom. The molecule has 3 aromatic rings. The van der Waals surface area contributed by atoms with E-state index in [9.17, 15) is 13.2 Å². The largest absolute Gasteiger partial charge is 0.394 e. The fraction of sp³-hybridized carbons (Fsp3) is 0.625. The monoisotopic (exact) mass is 470 g/mol. The molecule has 3 aromatic heterocycles. The van der Waals surface area contributed by atoms with Crippen LogP contribution in [-0.2, 0) is 10.2 Å². The van der Waals surface area contributed by atoms with Gasteiger partial charge in [-0.3, -0.25) is 4.68 Å². The van der Waals surface area contributed by atoms with Gasteiger partial charge in [-0.1, -0.05) is 0 Å². The third kappa shape index (κ3) is 2.96. The van der Waals surface area contributed by atoms with E-state index in [0.717, 1.165) is 17.7 Å². The van der Waals surface area contributed by atoms with E-state index in [1.807, 2.05) is 17.8 Å². The highest BCUT2D eigenvalue weighted by Crippen LogP contribution is 2.78. The second-order valence-electron chi connectivity index (χ2n) is 10.8. The van der Waals surface area contributed by atoms with Gasteiger partial charge in [0.05, 0.1) is 35.1 Å². The molecule has 2 bridgehead atoms. The highest BCUT2D eigenvalue weighted by molar-refractivity contribution is 5.75. The van der Waals surface area contributed by atoms with Crippen LogP contribution < -0.4 is 0 Å². The van der Waals surface area contributed by atoms with Gasteiger partial charge in [0.25, 0.3) is 0 Å². The molecule has 2 atom stereocenters. The van der Waals surface area contributed by atoms with Crippen LogP contribution in [0.1, 0.15) is 85.8 Å². The molecule has 7 nitrogen and oxygen atoms in total. The summed E-state index contributed by atoms with van der Waals surface area (Å²) in [6.45, 7) is 2.41. The van der Waals surface area contributed by atoms with E-state index in [-0.39, 0.29) is 31.3 Å². The first-order valence-electron chi connectivity index (χ1n) is 12.0. The SMILES string of the molecule is Cc1cnc2c(C34CC(C(F)(F)F)(C3)C4)nc([C@H]3CCO[C@H](c4cnn(C5CC5)c4)C3)nc2n1. The number of aryl methyl sites for hydroxylation is 1. The maximum absolute atomic E-state index is 13.5. The minimum Gasteiger partial charge on any atom is -0.373 e. The minimum atomic E-state index is -4.17. The lowest BCUT2D eigenvalue weighted by atomic mass is 9.34. The maximum atomic E-state index is 13.5. The van der Waals surface area contributed by atoms with Crippen LogP contribution in [0, 0.1) is 12.3 Å². The van der Waals surface area contributed by atoms with Gasteiger partial charge in [0, 0.05) is 35.9 Å². The van der Waals surface area contributed by atoms with Crippen molar-refractivity contribution < 1.29 is 17.9 Å². The second kappa shape index (κ2) is 6.74. The Morgan fingerprint density at radius 2 is 1.85 bits per heavy atom. The number of hydrogen-bond acceptors (Lipinski definition) is 6. The quantitative estimate of drug-likeness (QED) is 0.541. The lowest BCUT2D eigenvalue weighted by Crippen LogP contribution is -2.70. The highest BCUT2D eigenvalue weighted by Gasteiger charge is 2.79. The predicted octanol–water partition coefficient (Wildman–Crippen LogP) is 4.88. The molecule has 0 aromatic carbocycles. The molecule has 5 aliphatic rings. The molecule has 4 heterocycles. The first kappa shape index (κ1) is 20.7. The molecule has 10 heteroatoms. The predicted molar refractivity (Wildman–Crippen MR) is 115 cm³/mol. The van der Waals surface area contributed by atoms with Crippen LogP contribution in [0.2, 0.25) is 0 Å². The molecule has 0 unspecified atom stereocenters. The summed E-state index contributed by atoms with van der Waals surface area (Å²) in [5.41, 5.74) is 1.34. The van der Waals surface area contributed by atoms with Crippen molar-refractivity contribution in [1.29, 1.82) is 0 Å². The van der Waals surface area contributed by atoms with Gasteiger partial charge >= 0.3 is 6.18 Å². The van der Waals surface area contributed by atoms with Crippen molar-refractivity contribution in [2.75, 3.05) is 6.61 Å². The van der Waals surface area contributed by atoms with E-state index >= 15 is 0 Å². The van der Waals surface area contributed by atoms with E-state index in [1.165, 1.54) is 12.8 Å². The van der Waals surface area contributed by atoms with E-state index < -0.39 is 17.0 Å². The summed E-state index contributed by atoms with van der Waals surface area (Å²) in [4.78, 5) is 18.8. The smallest absolute Gasteiger partial charge is 0.373 e. The first-order chi connectivity index (χ1) is 16.3. The Labute approximate surface area is 194 Å². The Balaban J connectivity index is 1.22. The molecule has 0 N–H and O–H groups in total. The zero-order valence-electron chi connectivity index (χ0n) is 18.8. The molecule has 34 heavy (non-hydrogen) atoms. The summed E-state index contributed by atoms with van der Waals surface area (Å²) in [5, 5.41) is 4.49. The van der Waals surface area contributed by atoms with Crippen molar-refractivity contribution in [3.05, 3.63) is 41.4 Å². The van der Waals surface area contributed by atoms with Gasteiger partial charge < -0.3 is 4.74 Å². The van der Waals surface area contributed by atoms with Crippen molar-refractivity contribution in [2.24, 2.45) is 5.41 Å².